The fourth-order valence-corrected chi connectivity index (χ4v) is 2.71. The molecule has 126 valence electrons. The van der Waals surface area contributed by atoms with E-state index in [4.69, 9.17) is 15.2 Å². The zero-order valence-corrected chi connectivity index (χ0v) is 14.8. The van der Waals surface area contributed by atoms with Crippen molar-refractivity contribution in [1.29, 1.82) is 5.26 Å². The Hall–Kier alpha value is -2.46. The highest BCUT2D eigenvalue weighted by molar-refractivity contribution is 7.99. The van der Waals surface area contributed by atoms with Crippen LogP contribution in [0, 0.1) is 11.3 Å². The summed E-state index contributed by atoms with van der Waals surface area (Å²) in [6.45, 7) is 4.34. The maximum absolute atomic E-state index is 9.29. The maximum Gasteiger partial charge on any atom is 0.190 e. The number of methoxy groups -OCH3 is 1. The van der Waals surface area contributed by atoms with Crippen molar-refractivity contribution in [3.63, 3.8) is 0 Å². The summed E-state index contributed by atoms with van der Waals surface area (Å²) >= 11 is 1.53. The average Bonchev–Trinajstić information content (AvgIpc) is 2.60. The molecule has 0 saturated carbocycles. The van der Waals surface area contributed by atoms with Crippen molar-refractivity contribution in [2.45, 2.75) is 37.3 Å². The van der Waals surface area contributed by atoms with Crippen LogP contribution in [0.25, 0.3) is 0 Å². The summed E-state index contributed by atoms with van der Waals surface area (Å²) in [7, 11) is 1.61. The van der Waals surface area contributed by atoms with Gasteiger partial charge in [0.2, 0.25) is 0 Å². The third kappa shape index (κ3) is 4.52. The molecular weight excluding hydrogens is 324 g/mol. The molecule has 2 rings (SSSR count). The molecule has 0 aliphatic heterocycles. The van der Waals surface area contributed by atoms with Crippen LogP contribution < -0.4 is 15.2 Å². The topological polar surface area (TPSA) is 94.0 Å². The fraction of sp³-hybridized carbons (Fsp3) is 0.353. The van der Waals surface area contributed by atoms with Gasteiger partial charge in [0.05, 0.1) is 7.11 Å². The predicted molar refractivity (Wildman–Crippen MR) is 94.1 cm³/mol. The molecule has 0 amide bonds. The van der Waals surface area contributed by atoms with Gasteiger partial charge in [-0.2, -0.15) is 5.26 Å². The van der Waals surface area contributed by atoms with Gasteiger partial charge in [-0.25, -0.2) is 9.97 Å². The lowest BCUT2D eigenvalue weighted by atomic mass is 10.2. The minimum absolute atomic E-state index is 0.149. The SMILES string of the molecule is CC[C@H](C)Sc1nc(N)c(C#N)c(COc2ccc(OC)cc2)n1. The number of nitriles is 1. The number of hydrogen-bond donors (Lipinski definition) is 1. The number of aromatic nitrogens is 2. The summed E-state index contributed by atoms with van der Waals surface area (Å²) in [5.74, 6) is 1.60. The Labute approximate surface area is 146 Å². The number of ether oxygens (including phenoxy) is 2. The Morgan fingerprint density at radius 3 is 2.50 bits per heavy atom. The number of anilines is 1. The van der Waals surface area contributed by atoms with Crippen molar-refractivity contribution in [3.8, 4) is 17.6 Å². The molecule has 1 aromatic heterocycles. The molecule has 1 heterocycles. The molecule has 7 heteroatoms. The van der Waals surface area contributed by atoms with Crippen LogP contribution >= 0.6 is 11.8 Å². The zero-order valence-electron chi connectivity index (χ0n) is 13.9. The monoisotopic (exact) mass is 344 g/mol. The molecular formula is C17H20N4O2S. The highest BCUT2D eigenvalue weighted by Crippen LogP contribution is 2.25. The third-order valence-electron chi connectivity index (χ3n) is 3.42. The van der Waals surface area contributed by atoms with Gasteiger partial charge in [0, 0.05) is 5.25 Å². The molecule has 1 aromatic carbocycles. The quantitative estimate of drug-likeness (QED) is 0.607. The van der Waals surface area contributed by atoms with E-state index in [9.17, 15) is 5.26 Å². The summed E-state index contributed by atoms with van der Waals surface area (Å²) in [5.41, 5.74) is 6.65. The van der Waals surface area contributed by atoms with E-state index in [1.165, 1.54) is 11.8 Å². The molecule has 0 unspecified atom stereocenters. The minimum atomic E-state index is 0.149. The van der Waals surface area contributed by atoms with Gasteiger partial charge in [-0.15, -0.1) is 0 Å². The standard InChI is InChI=1S/C17H20N4O2S/c1-4-11(2)24-17-20-15(14(9-18)16(19)21-17)10-23-13-7-5-12(22-3)6-8-13/h5-8,11H,4,10H2,1-3H3,(H2,19,20,21)/t11-/m0/s1. The number of rotatable bonds is 7. The van der Waals surface area contributed by atoms with Crippen molar-refractivity contribution >= 4 is 17.6 Å². The lowest BCUT2D eigenvalue weighted by Gasteiger charge is -2.12. The van der Waals surface area contributed by atoms with Gasteiger partial charge < -0.3 is 15.2 Å². The van der Waals surface area contributed by atoms with Crippen LogP contribution in [0.4, 0.5) is 5.82 Å². The van der Waals surface area contributed by atoms with E-state index in [2.05, 4.69) is 29.9 Å². The van der Waals surface area contributed by atoms with Gasteiger partial charge in [-0.05, 0) is 30.7 Å². The van der Waals surface area contributed by atoms with Crippen LogP contribution in [0.1, 0.15) is 31.5 Å². The number of nitrogen functional groups attached to an aromatic ring is 1. The van der Waals surface area contributed by atoms with Gasteiger partial charge in [-0.1, -0.05) is 25.6 Å². The smallest absolute Gasteiger partial charge is 0.190 e. The Bertz CT molecular complexity index is 729. The lowest BCUT2D eigenvalue weighted by Crippen LogP contribution is -2.09. The van der Waals surface area contributed by atoms with Gasteiger partial charge in [-0.3, -0.25) is 0 Å². The number of nitrogens with two attached hydrogens (primary N) is 1. The third-order valence-corrected chi connectivity index (χ3v) is 4.55. The maximum atomic E-state index is 9.29. The van der Waals surface area contributed by atoms with Crippen LogP contribution in [-0.2, 0) is 6.61 Å². The van der Waals surface area contributed by atoms with E-state index in [-0.39, 0.29) is 18.0 Å². The predicted octanol–water partition coefficient (Wildman–Crippen LogP) is 3.41. The molecule has 0 aliphatic rings. The Kier molecular flexibility index (Phi) is 6.27. The van der Waals surface area contributed by atoms with E-state index < -0.39 is 0 Å². The number of nitrogens with zero attached hydrogens (tertiary/aromatic N) is 3. The molecule has 1 atom stereocenters. The molecule has 24 heavy (non-hydrogen) atoms. The van der Waals surface area contributed by atoms with Crippen molar-refractivity contribution in [3.05, 3.63) is 35.5 Å². The summed E-state index contributed by atoms with van der Waals surface area (Å²) < 4.78 is 10.8. The summed E-state index contributed by atoms with van der Waals surface area (Å²) in [6, 6.07) is 9.25. The molecule has 0 spiro atoms. The molecule has 2 aromatic rings. The van der Waals surface area contributed by atoms with E-state index in [0.29, 0.717) is 21.8 Å². The summed E-state index contributed by atoms with van der Waals surface area (Å²) in [4.78, 5) is 8.65. The fourth-order valence-electron chi connectivity index (χ4n) is 1.87. The lowest BCUT2D eigenvalue weighted by molar-refractivity contribution is 0.299. The first-order chi connectivity index (χ1) is 11.6. The van der Waals surface area contributed by atoms with Crippen molar-refractivity contribution < 1.29 is 9.47 Å². The molecule has 0 saturated heterocycles. The van der Waals surface area contributed by atoms with Crippen LogP contribution in [0.5, 0.6) is 11.5 Å². The van der Waals surface area contributed by atoms with E-state index in [0.717, 1.165) is 12.2 Å². The number of hydrogen-bond acceptors (Lipinski definition) is 7. The molecule has 0 radical (unpaired) electrons. The first kappa shape index (κ1) is 17.9. The zero-order chi connectivity index (χ0) is 17.5. The molecule has 0 aliphatic carbocycles. The summed E-state index contributed by atoms with van der Waals surface area (Å²) in [5, 5.41) is 10.2. The minimum Gasteiger partial charge on any atom is -0.497 e. The van der Waals surface area contributed by atoms with Crippen LogP contribution in [-0.4, -0.2) is 22.3 Å². The van der Waals surface area contributed by atoms with E-state index >= 15 is 0 Å². The normalized spacial score (nSPS) is 11.6. The first-order valence-electron chi connectivity index (χ1n) is 7.57. The van der Waals surface area contributed by atoms with Crippen molar-refractivity contribution in [2.24, 2.45) is 0 Å². The molecule has 0 fully saturated rings. The Balaban J connectivity index is 2.18. The Morgan fingerprint density at radius 2 is 1.92 bits per heavy atom. The summed E-state index contributed by atoms with van der Waals surface area (Å²) in [6.07, 6.45) is 0.992. The largest absolute Gasteiger partial charge is 0.497 e. The van der Waals surface area contributed by atoms with Gasteiger partial charge >= 0.3 is 0 Å². The number of benzene rings is 1. The highest BCUT2D eigenvalue weighted by Gasteiger charge is 2.15. The van der Waals surface area contributed by atoms with Crippen molar-refractivity contribution in [2.75, 3.05) is 12.8 Å². The highest BCUT2D eigenvalue weighted by atomic mass is 32.2. The Morgan fingerprint density at radius 1 is 1.25 bits per heavy atom. The van der Waals surface area contributed by atoms with Crippen LogP contribution in [0.15, 0.2) is 29.4 Å². The second-order valence-electron chi connectivity index (χ2n) is 5.13. The van der Waals surface area contributed by atoms with E-state index in [1.54, 1.807) is 31.4 Å². The van der Waals surface area contributed by atoms with Crippen LogP contribution in [0.3, 0.4) is 0 Å². The van der Waals surface area contributed by atoms with E-state index in [1.807, 2.05) is 0 Å². The molecule has 0 bridgehead atoms. The number of thioether (sulfide) groups is 1. The average molecular weight is 344 g/mol. The second kappa shape index (κ2) is 8.41. The molecule has 6 nitrogen and oxygen atoms in total. The first-order valence-corrected chi connectivity index (χ1v) is 8.45. The van der Waals surface area contributed by atoms with Gasteiger partial charge in [0.1, 0.15) is 41.3 Å². The second-order valence-corrected chi connectivity index (χ2v) is 6.53. The van der Waals surface area contributed by atoms with Crippen molar-refractivity contribution in [1.82, 2.24) is 9.97 Å². The van der Waals surface area contributed by atoms with Crippen LogP contribution in [0.2, 0.25) is 0 Å². The van der Waals surface area contributed by atoms with Gasteiger partial charge in [0.15, 0.2) is 5.16 Å². The molecule has 2 N–H and O–H groups in total. The van der Waals surface area contributed by atoms with Gasteiger partial charge in [0.25, 0.3) is 0 Å².